The second-order valence-electron chi connectivity index (χ2n) is 3.02. The Bertz CT molecular complexity index is 322. The maximum absolute atomic E-state index is 9.10. The Morgan fingerprint density at radius 2 is 1.59 bits per heavy atom. The summed E-state index contributed by atoms with van der Waals surface area (Å²) in [5, 5.41) is 18.7. The number of aromatic hydroxyl groups is 2. The standard InChI is InChI=1S/C7H7BrO2.C6H10O/c8-4-5-6(9)2-1-3-7(5)10;1-3-5-7-6-4-2/h1-3,9-10H,4H2;3-4H,1-2,5-6H2. The van der Waals surface area contributed by atoms with Gasteiger partial charge >= 0.3 is 0 Å². The summed E-state index contributed by atoms with van der Waals surface area (Å²) < 4.78 is 4.90. The van der Waals surface area contributed by atoms with Crippen molar-refractivity contribution in [3.63, 3.8) is 0 Å². The molecule has 2 N–H and O–H groups in total. The van der Waals surface area contributed by atoms with Crippen LogP contribution in [-0.2, 0) is 10.1 Å². The van der Waals surface area contributed by atoms with E-state index >= 15 is 0 Å². The highest BCUT2D eigenvalue weighted by Gasteiger charge is 2.02. The van der Waals surface area contributed by atoms with Crippen LogP contribution in [0.25, 0.3) is 0 Å². The Morgan fingerprint density at radius 3 is 1.88 bits per heavy atom. The highest BCUT2D eigenvalue weighted by Crippen LogP contribution is 2.27. The summed E-state index contributed by atoms with van der Waals surface area (Å²) in [5.74, 6) is 0.244. The molecule has 4 heteroatoms. The fraction of sp³-hybridized carbons (Fsp3) is 0.231. The summed E-state index contributed by atoms with van der Waals surface area (Å²) in [6, 6.07) is 4.67. The third-order valence-corrected chi connectivity index (χ3v) is 2.29. The molecule has 0 aliphatic carbocycles. The quantitative estimate of drug-likeness (QED) is 0.498. The van der Waals surface area contributed by atoms with Crippen molar-refractivity contribution >= 4 is 15.9 Å². The number of phenols is 2. The number of hydrogen-bond acceptors (Lipinski definition) is 3. The molecule has 3 nitrogen and oxygen atoms in total. The van der Waals surface area contributed by atoms with Gasteiger partial charge in [0.1, 0.15) is 11.5 Å². The van der Waals surface area contributed by atoms with Gasteiger partial charge in [0.2, 0.25) is 0 Å². The largest absolute Gasteiger partial charge is 0.507 e. The number of alkyl halides is 1. The van der Waals surface area contributed by atoms with Crippen molar-refractivity contribution in [2.75, 3.05) is 13.2 Å². The lowest BCUT2D eigenvalue weighted by Gasteiger charge is -2.01. The molecule has 0 aromatic heterocycles. The first-order valence-corrected chi connectivity index (χ1v) is 6.14. The average Bonchev–Trinajstić information content (AvgIpc) is 2.31. The molecule has 0 aliphatic heterocycles. The zero-order valence-corrected chi connectivity index (χ0v) is 11.2. The van der Waals surface area contributed by atoms with E-state index in [1.165, 1.54) is 12.1 Å². The van der Waals surface area contributed by atoms with Crippen molar-refractivity contribution in [3.05, 3.63) is 49.1 Å². The highest BCUT2D eigenvalue weighted by atomic mass is 79.9. The molecule has 0 saturated carbocycles. The molecule has 0 fully saturated rings. The zero-order chi connectivity index (χ0) is 13.1. The van der Waals surface area contributed by atoms with E-state index in [0.717, 1.165) is 0 Å². The molecule has 0 unspecified atom stereocenters. The van der Waals surface area contributed by atoms with Crippen LogP contribution in [0.4, 0.5) is 0 Å². The average molecular weight is 301 g/mol. The topological polar surface area (TPSA) is 49.7 Å². The molecule has 0 atom stereocenters. The minimum absolute atomic E-state index is 0.122. The van der Waals surface area contributed by atoms with Gasteiger partial charge in [0, 0.05) is 10.9 Å². The van der Waals surface area contributed by atoms with Gasteiger partial charge in [-0.3, -0.25) is 0 Å². The van der Waals surface area contributed by atoms with Gasteiger partial charge in [-0.2, -0.15) is 0 Å². The van der Waals surface area contributed by atoms with Gasteiger partial charge in [0.15, 0.2) is 0 Å². The summed E-state index contributed by atoms with van der Waals surface area (Å²) in [6.45, 7) is 8.18. The third-order valence-electron chi connectivity index (χ3n) is 1.73. The van der Waals surface area contributed by atoms with Crippen LogP contribution in [0, 0.1) is 0 Å². The van der Waals surface area contributed by atoms with Crippen LogP contribution >= 0.6 is 15.9 Å². The minimum Gasteiger partial charge on any atom is -0.507 e. The normalized spacial score (nSPS) is 9.00. The molecular weight excluding hydrogens is 284 g/mol. The maximum atomic E-state index is 9.10. The molecule has 0 amide bonds. The van der Waals surface area contributed by atoms with E-state index in [2.05, 4.69) is 29.1 Å². The first-order chi connectivity index (χ1) is 8.17. The third kappa shape index (κ3) is 6.81. The number of rotatable bonds is 5. The SMILES string of the molecule is C=CCOCC=C.Oc1cccc(O)c1CBr. The predicted molar refractivity (Wildman–Crippen MR) is 73.6 cm³/mol. The lowest BCUT2D eigenvalue weighted by atomic mass is 10.2. The molecule has 17 heavy (non-hydrogen) atoms. The number of benzene rings is 1. The van der Waals surface area contributed by atoms with E-state index in [1.54, 1.807) is 18.2 Å². The molecule has 94 valence electrons. The molecule has 0 aliphatic rings. The second kappa shape index (κ2) is 9.93. The van der Waals surface area contributed by atoms with Crippen LogP contribution in [0.15, 0.2) is 43.5 Å². The van der Waals surface area contributed by atoms with Crippen molar-refractivity contribution < 1.29 is 14.9 Å². The Hall–Kier alpha value is -1.26. The second-order valence-corrected chi connectivity index (χ2v) is 3.58. The Morgan fingerprint density at radius 1 is 1.12 bits per heavy atom. The van der Waals surface area contributed by atoms with Crippen LogP contribution in [-0.4, -0.2) is 23.4 Å². The molecule has 0 bridgehead atoms. The zero-order valence-electron chi connectivity index (χ0n) is 9.60. The summed E-state index contributed by atoms with van der Waals surface area (Å²) in [6.07, 6.45) is 3.42. The summed E-state index contributed by atoms with van der Waals surface area (Å²) in [4.78, 5) is 0. The van der Waals surface area contributed by atoms with E-state index in [9.17, 15) is 0 Å². The molecule has 0 saturated heterocycles. The molecule has 0 radical (unpaired) electrons. The summed E-state index contributed by atoms with van der Waals surface area (Å²) in [7, 11) is 0. The Balaban J connectivity index is 0.000000325. The van der Waals surface area contributed by atoms with Crippen LogP contribution in [0.5, 0.6) is 11.5 Å². The lowest BCUT2D eigenvalue weighted by molar-refractivity contribution is 0.194. The highest BCUT2D eigenvalue weighted by molar-refractivity contribution is 9.08. The van der Waals surface area contributed by atoms with Crippen molar-refractivity contribution in [3.8, 4) is 11.5 Å². The van der Waals surface area contributed by atoms with Gasteiger partial charge in [-0.25, -0.2) is 0 Å². The predicted octanol–water partition coefficient (Wildman–Crippen LogP) is 3.37. The van der Waals surface area contributed by atoms with Gasteiger partial charge in [0.25, 0.3) is 0 Å². The fourth-order valence-corrected chi connectivity index (χ4v) is 1.51. The molecule has 0 heterocycles. The van der Waals surface area contributed by atoms with Gasteiger partial charge in [-0.1, -0.05) is 34.1 Å². The molecule has 1 rings (SSSR count). The Kier molecular flexibility index (Phi) is 9.19. The van der Waals surface area contributed by atoms with E-state index in [-0.39, 0.29) is 11.5 Å². The number of phenolic OH excluding ortho intramolecular Hbond substituents is 2. The van der Waals surface area contributed by atoms with Crippen LogP contribution < -0.4 is 0 Å². The number of ether oxygens (including phenoxy) is 1. The maximum Gasteiger partial charge on any atom is 0.123 e. The van der Waals surface area contributed by atoms with Gasteiger partial charge in [-0.05, 0) is 12.1 Å². The van der Waals surface area contributed by atoms with Gasteiger partial charge in [-0.15, -0.1) is 13.2 Å². The van der Waals surface area contributed by atoms with Crippen molar-refractivity contribution in [2.24, 2.45) is 0 Å². The first kappa shape index (κ1) is 15.7. The molecule has 1 aromatic carbocycles. The van der Waals surface area contributed by atoms with Crippen molar-refractivity contribution in [2.45, 2.75) is 5.33 Å². The van der Waals surface area contributed by atoms with E-state index in [4.69, 9.17) is 14.9 Å². The monoisotopic (exact) mass is 300 g/mol. The summed E-state index contributed by atoms with van der Waals surface area (Å²) >= 11 is 3.14. The minimum atomic E-state index is 0.122. The fourth-order valence-electron chi connectivity index (χ4n) is 0.934. The first-order valence-electron chi connectivity index (χ1n) is 5.02. The van der Waals surface area contributed by atoms with Crippen LogP contribution in [0.2, 0.25) is 0 Å². The Labute approximate surface area is 110 Å². The lowest BCUT2D eigenvalue weighted by Crippen LogP contribution is -1.87. The number of hydrogen-bond donors (Lipinski definition) is 2. The van der Waals surface area contributed by atoms with E-state index in [0.29, 0.717) is 24.1 Å². The van der Waals surface area contributed by atoms with Gasteiger partial charge < -0.3 is 14.9 Å². The number of halogens is 1. The van der Waals surface area contributed by atoms with E-state index < -0.39 is 0 Å². The van der Waals surface area contributed by atoms with Crippen molar-refractivity contribution in [1.82, 2.24) is 0 Å². The molecule has 0 spiro atoms. The molecule has 1 aromatic rings. The van der Waals surface area contributed by atoms with Crippen LogP contribution in [0.3, 0.4) is 0 Å². The van der Waals surface area contributed by atoms with Gasteiger partial charge in [0.05, 0.1) is 13.2 Å². The smallest absolute Gasteiger partial charge is 0.123 e. The van der Waals surface area contributed by atoms with E-state index in [1.807, 2.05) is 0 Å². The van der Waals surface area contributed by atoms with Crippen molar-refractivity contribution in [1.29, 1.82) is 0 Å². The molecular formula is C13H17BrO3. The summed E-state index contributed by atoms with van der Waals surface area (Å²) in [5.41, 5.74) is 0.530. The van der Waals surface area contributed by atoms with Crippen LogP contribution in [0.1, 0.15) is 5.56 Å².